The zero-order valence-corrected chi connectivity index (χ0v) is 13.4. The van der Waals surface area contributed by atoms with Crippen LogP contribution in [0.15, 0.2) is 22.7 Å². The van der Waals surface area contributed by atoms with E-state index in [1.165, 1.54) is 5.56 Å². The molecule has 102 valence electrons. The molecule has 0 saturated heterocycles. The summed E-state index contributed by atoms with van der Waals surface area (Å²) in [7, 11) is 0.962. The second kappa shape index (κ2) is 7.92. The minimum absolute atomic E-state index is 0.275. The Kier molecular flexibility index (Phi) is 6.89. The third-order valence-corrected chi connectivity index (χ3v) is 4.22. The lowest BCUT2D eigenvalue weighted by atomic mass is 10.1. The van der Waals surface area contributed by atoms with E-state index in [9.17, 15) is 4.21 Å². The van der Waals surface area contributed by atoms with Crippen molar-refractivity contribution in [3.8, 4) is 5.75 Å². The van der Waals surface area contributed by atoms with Gasteiger partial charge in [0.1, 0.15) is 5.75 Å². The van der Waals surface area contributed by atoms with Crippen molar-refractivity contribution in [1.29, 1.82) is 0 Å². The van der Waals surface area contributed by atoms with Crippen LogP contribution >= 0.6 is 15.9 Å². The van der Waals surface area contributed by atoms with E-state index in [2.05, 4.69) is 40.3 Å². The molecule has 0 bridgehead atoms. The minimum atomic E-state index is -0.697. The maximum atomic E-state index is 10.9. The lowest BCUT2D eigenvalue weighted by molar-refractivity contribution is 0.411. The Morgan fingerprint density at radius 2 is 2.22 bits per heavy atom. The fourth-order valence-corrected chi connectivity index (χ4v) is 2.77. The van der Waals surface area contributed by atoms with Gasteiger partial charge in [-0.05, 0) is 53.5 Å². The first-order chi connectivity index (χ1) is 8.54. The van der Waals surface area contributed by atoms with E-state index in [1.807, 2.05) is 6.07 Å². The highest BCUT2D eigenvalue weighted by molar-refractivity contribution is 9.10. The smallest absolute Gasteiger partial charge is 0.133 e. The van der Waals surface area contributed by atoms with Gasteiger partial charge in [0.25, 0.3) is 0 Å². The highest BCUT2D eigenvalue weighted by Crippen LogP contribution is 2.27. The second-order valence-electron chi connectivity index (χ2n) is 4.20. The number of hydrogen-bond acceptors (Lipinski definition) is 3. The van der Waals surface area contributed by atoms with Crippen molar-refractivity contribution < 1.29 is 8.95 Å². The molecule has 0 spiro atoms. The summed E-state index contributed by atoms with van der Waals surface area (Å²) in [6, 6.07) is 6.35. The van der Waals surface area contributed by atoms with Crippen LogP contribution in [0, 0.1) is 0 Å². The molecule has 2 unspecified atom stereocenters. The second-order valence-corrected chi connectivity index (χ2v) is 6.61. The highest BCUT2D eigenvalue weighted by Gasteiger charge is 2.07. The maximum Gasteiger partial charge on any atom is 0.133 e. The Balaban J connectivity index is 2.48. The standard InChI is InChI=1S/C13H20BrNO2S/c1-10(15-7-4-8-18(3)16)11-5-6-13(17-2)12(14)9-11/h5-6,9-10,15H,4,7-8H2,1-3H3. The summed E-state index contributed by atoms with van der Waals surface area (Å²) in [5.41, 5.74) is 1.21. The van der Waals surface area contributed by atoms with Crippen molar-refractivity contribution >= 4 is 26.7 Å². The molecule has 0 amide bonds. The molecule has 0 aliphatic carbocycles. The maximum absolute atomic E-state index is 10.9. The first-order valence-electron chi connectivity index (χ1n) is 5.91. The number of nitrogens with one attached hydrogen (secondary N) is 1. The molecule has 0 radical (unpaired) electrons. The topological polar surface area (TPSA) is 38.3 Å². The Morgan fingerprint density at radius 1 is 1.50 bits per heavy atom. The van der Waals surface area contributed by atoms with Crippen LogP contribution in [0.5, 0.6) is 5.75 Å². The molecule has 3 nitrogen and oxygen atoms in total. The average Bonchev–Trinajstić information content (AvgIpc) is 2.34. The summed E-state index contributed by atoms with van der Waals surface area (Å²) >= 11 is 3.48. The predicted octanol–water partition coefficient (Wildman–Crippen LogP) is 2.88. The minimum Gasteiger partial charge on any atom is -0.496 e. The van der Waals surface area contributed by atoms with E-state index in [0.717, 1.165) is 28.9 Å². The molecule has 1 N–H and O–H groups in total. The SMILES string of the molecule is COc1ccc(C(C)NCCCS(C)=O)cc1Br. The Morgan fingerprint density at radius 3 is 2.78 bits per heavy atom. The first kappa shape index (κ1) is 15.7. The lowest BCUT2D eigenvalue weighted by Gasteiger charge is -2.15. The molecule has 0 fully saturated rings. The van der Waals surface area contributed by atoms with E-state index in [0.29, 0.717) is 0 Å². The van der Waals surface area contributed by atoms with Crippen LogP contribution in [0.25, 0.3) is 0 Å². The fraction of sp³-hybridized carbons (Fsp3) is 0.538. The number of ether oxygens (including phenoxy) is 1. The third kappa shape index (κ3) is 5.08. The number of rotatable bonds is 7. The summed E-state index contributed by atoms with van der Waals surface area (Å²) in [6.07, 6.45) is 2.68. The molecule has 1 aromatic carbocycles. The first-order valence-corrected chi connectivity index (χ1v) is 8.43. The van der Waals surface area contributed by atoms with Gasteiger partial charge in [-0.2, -0.15) is 0 Å². The molecule has 18 heavy (non-hydrogen) atoms. The van der Waals surface area contributed by atoms with Crippen molar-refractivity contribution in [2.75, 3.05) is 25.7 Å². The van der Waals surface area contributed by atoms with Gasteiger partial charge in [-0.15, -0.1) is 0 Å². The van der Waals surface area contributed by atoms with Crippen LogP contribution in [0.3, 0.4) is 0 Å². The Bertz CT molecular complexity index is 412. The van der Waals surface area contributed by atoms with Gasteiger partial charge in [0, 0.05) is 28.9 Å². The van der Waals surface area contributed by atoms with Crippen LogP contribution in [-0.4, -0.2) is 29.9 Å². The summed E-state index contributed by atoms with van der Waals surface area (Å²) in [5.74, 6) is 1.60. The quantitative estimate of drug-likeness (QED) is 0.780. The van der Waals surface area contributed by atoms with Gasteiger partial charge in [0.2, 0.25) is 0 Å². The summed E-state index contributed by atoms with van der Waals surface area (Å²) in [6.45, 7) is 3.00. The van der Waals surface area contributed by atoms with Gasteiger partial charge in [0.15, 0.2) is 0 Å². The van der Waals surface area contributed by atoms with E-state index in [-0.39, 0.29) is 6.04 Å². The lowest BCUT2D eigenvalue weighted by Crippen LogP contribution is -2.21. The molecule has 0 aliphatic heterocycles. The molecular formula is C13H20BrNO2S. The Labute approximate surface area is 120 Å². The average molecular weight is 334 g/mol. The number of methoxy groups -OCH3 is 1. The molecule has 1 aromatic rings. The van der Waals surface area contributed by atoms with E-state index in [4.69, 9.17) is 4.74 Å². The normalized spacial score (nSPS) is 14.2. The van der Waals surface area contributed by atoms with Gasteiger partial charge in [-0.25, -0.2) is 0 Å². The summed E-state index contributed by atoms with van der Waals surface area (Å²) in [4.78, 5) is 0. The molecule has 0 heterocycles. The van der Waals surface area contributed by atoms with Crippen molar-refractivity contribution in [3.05, 3.63) is 28.2 Å². The summed E-state index contributed by atoms with van der Waals surface area (Å²) < 4.78 is 17.1. The number of benzene rings is 1. The van der Waals surface area contributed by atoms with Gasteiger partial charge in [-0.1, -0.05) is 6.07 Å². The fourth-order valence-electron chi connectivity index (χ4n) is 1.66. The van der Waals surface area contributed by atoms with Gasteiger partial charge in [-0.3, -0.25) is 4.21 Å². The highest BCUT2D eigenvalue weighted by atomic mass is 79.9. The third-order valence-electron chi connectivity index (χ3n) is 2.73. The molecule has 0 aliphatic rings. The Hall–Kier alpha value is -0.390. The van der Waals surface area contributed by atoms with Gasteiger partial charge in [0.05, 0.1) is 11.6 Å². The number of hydrogen-bond donors (Lipinski definition) is 1. The van der Waals surface area contributed by atoms with Crippen LogP contribution < -0.4 is 10.1 Å². The van der Waals surface area contributed by atoms with E-state index >= 15 is 0 Å². The van der Waals surface area contributed by atoms with Gasteiger partial charge < -0.3 is 10.1 Å². The molecule has 1 rings (SSSR count). The van der Waals surface area contributed by atoms with E-state index in [1.54, 1.807) is 13.4 Å². The van der Waals surface area contributed by atoms with Crippen molar-refractivity contribution in [1.82, 2.24) is 5.32 Å². The van der Waals surface area contributed by atoms with Crippen LogP contribution in [0.1, 0.15) is 24.9 Å². The number of halogens is 1. The zero-order valence-electron chi connectivity index (χ0n) is 11.0. The predicted molar refractivity (Wildman–Crippen MR) is 80.7 cm³/mol. The van der Waals surface area contributed by atoms with E-state index < -0.39 is 10.8 Å². The van der Waals surface area contributed by atoms with Crippen LogP contribution in [-0.2, 0) is 10.8 Å². The molecular weight excluding hydrogens is 314 g/mol. The van der Waals surface area contributed by atoms with Crippen LogP contribution in [0.4, 0.5) is 0 Å². The molecule has 2 atom stereocenters. The molecule has 0 saturated carbocycles. The molecule has 5 heteroatoms. The zero-order chi connectivity index (χ0) is 13.5. The largest absolute Gasteiger partial charge is 0.496 e. The van der Waals surface area contributed by atoms with Gasteiger partial charge >= 0.3 is 0 Å². The van der Waals surface area contributed by atoms with Crippen molar-refractivity contribution in [3.63, 3.8) is 0 Å². The van der Waals surface area contributed by atoms with Crippen molar-refractivity contribution in [2.24, 2.45) is 0 Å². The monoisotopic (exact) mass is 333 g/mol. The molecule has 0 aromatic heterocycles. The van der Waals surface area contributed by atoms with Crippen molar-refractivity contribution in [2.45, 2.75) is 19.4 Å². The summed E-state index contributed by atoms with van der Waals surface area (Å²) in [5, 5.41) is 3.42. The van der Waals surface area contributed by atoms with Crippen LogP contribution in [0.2, 0.25) is 0 Å².